The summed E-state index contributed by atoms with van der Waals surface area (Å²) in [6.07, 6.45) is 0.780. The average Bonchev–Trinajstić information content (AvgIpc) is 2.31. The summed E-state index contributed by atoms with van der Waals surface area (Å²) in [5.41, 5.74) is 7.43. The summed E-state index contributed by atoms with van der Waals surface area (Å²) in [5.74, 6) is 0.752. The molecule has 0 saturated carbocycles. The minimum atomic E-state index is -0.126. The largest absolute Gasteiger partial charge is 0.496 e. The van der Waals surface area contributed by atoms with Gasteiger partial charge < -0.3 is 15.8 Å². The number of hydrogen-bond acceptors (Lipinski definition) is 3. The van der Waals surface area contributed by atoms with E-state index in [2.05, 4.69) is 5.32 Å². The van der Waals surface area contributed by atoms with E-state index in [0.717, 1.165) is 23.3 Å². The Morgan fingerprint density at radius 1 is 1.47 bits per heavy atom. The zero-order valence-electron chi connectivity index (χ0n) is 10.2. The minimum Gasteiger partial charge on any atom is -0.496 e. The molecule has 0 aliphatic carbocycles. The molecule has 1 rings (SSSR count). The molecule has 4 nitrogen and oxygen atoms in total. The first kappa shape index (κ1) is 15.7. The Labute approximate surface area is 108 Å². The third-order valence-electron chi connectivity index (χ3n) is 2.39. The summed E-state index contributed by atoms with van der Waals surface area (Å²) in [6, 6.07) is 6.04. The van der Waals surface area contributed by atoms with Crippen molar-refractivity contribution in [1.82, 2.24) is 5.32 Å². The van der Waals surface area contributed by atoms with Gasteiger partial charge in [0, 0.05) is 6.54 Å². The average molecular weight is 259 g/mol. The standard InChI is InChI=1S/C12H18N2O2.ClH/c1-9-3-4-10(7-11(9)16-2)5-6-14-12(15)8-13;/h3-4,7H,5-6,8,13H2,1-2H3,(H,14,15);1H. The fraction of sp³-hybridized carbons (Fsp3) is 0.417. The molecule has 5 heteroatoms. The molecule has 0 bridgehead atoms. The maximum absolute atomic E-state index is 10.9. The number of methoxy groups -OCH3 is 1. The Hall–Kier alpha value is -1.26. The van der Waals surface area contributed by atoms with Gasteiger partial charge in [0.15, 0.2) is 0 Å². The summed E-state index contributed by atoms with van der Waals surface area (Å²) >= 11 is 0. The van der Waals surface area contributed by atoms with Crippen LogP contribution in [-0.4, -0.2) is 26.1 Å². The van der Waals surface area contributed by atoms with Gasteiger partial charge in [-0.15, -0.1) is 12.4 Å². The van der Waals surface area contributed by atoms with Crippen LogP contribution < -0.4 is 15.8 Å². The number of nitrogens with two attached hydrogens (primary N) is 1. The number of aryl methyl sites for hydroxylation is 1. The van der Waals surface area contributed by atoms with Gasteiger partial charge in [-0.05, 0) is 30.5 Å². The highest BCUT2D eigenvalue weighted by atomic mass is 35.5. The second-order valence-electron chi connectivity index (χ2n) is 3.61. The van der Waals surface area contributed by atoms with Gasteiger partial charge in [0.05, 0.1) is 13.7 Å². The van der Waals surface area contributed by atoms with Crippen LogP contribution in [0.2, 0.25) is 0 Å². The molecule has 1 amide bonds. The highest BCUT2D eigenvalue weighted by Gasteiger charge is 2.01. The third-order valence-corrected chi connectivity index (χ3v) is 2.39. The lowest BCUT2D eigenvalue weighted by Crippen LogP contribution is -2.31. The number of nitrogens with one attached hydrogen (secondary N) is 1. The molecule has 0 radical (unpaired) electrons. The van der Waals surface area contributed by atoms with Crippen molar-refractivity contribution < 1.29 is 9.53 Å². The van der Waals surface area contributed by atoms with Crippen molar-refractivity contribution >= 4 is 18.3 Å². The van der Waals surface area contributed by atoms with Crippen molar-refractivity contribution in [3.05, 3.63) is 29.3 Å². The molecule has 0 aliphatic heterocycles. The van der Waals surface area contributed by atoms with Crippen LogP contribution in [-0.2, 0) is 11.2 Å². The molecule has 0 fully saturated rings. The number of carbonyl (C=O) groups is 1. The molecule has 0 unspecified atom stereocenters. The SMILES string of the molecule is COc1cc(CCNC(=O)CN)ccc1C.Cl. The molecule has 0 saturated heterocycles. The summed E-state index contributed by atoms with van der Waals surface area (Å²) in [4.78, 5) is 10.9. The highest BCUT2D eigenvalue weighted by Crippen LogP contribution is 2.18. The van der Waals surface area contributed by atoms with Crippen molar-refractivity contribution in [2.24, 2.45) is 5.73 Å². The predicted molar refractivity (Wildman–Crippen MR) is 70.7 cm³/mol. The molecule has 3 N–H and O–H groups in total. The van der Waals surface area contributed by atoms with Crippen LogP contribution in [0.25, 0.3) is 0 Å². The molecular weight excluding hydrogens is 240 g/mol. The van der Waals surface area contributed by atoms with Crippen LogP contribution in [0, 0.1) is 6.92 Å². The molecular formula is C12H19ClN2O2. The number of halogens is 1. The van der Waals surface area contributed by atoms with Crippen molar-refractivity contribution in [3.63, 3.8) is 0 Å². The Morgan fingerprint density at radius 3 is 2.76 bits per heavy atom. The van der Waals surface area contributed by atoms with Crippen LogP contribution in [0.4, 0.5) is 0 Å². The molecule has 0 aromatic heterocycles. The van der Waals surface area contributed by atoms with Gasteiger partial charge in [-0.25, -0.2) is 0 Å². The van der Waals surface area contributed by atoms with E-state index in [1.807, 2.05) is 25.1 Å². The van der Waals surface area contributed by atoms with E-state index in [1.54, 1.807) is 7.11 Å². The smallest absolute Gasteiger partial charge is 0.233 e. The maximum Gasteiger partial charge on any atom is 0.233 e. The van der Waals surface area contributed by atoms with E-state index in [4.69, 9.17) is 10.5 Å². The van der Waals surface area contributed by atoms with Gasteiger partial charge >= 0.3 is 0 Å². The lowest BCUT2D eigenvalue weighted by atomic mass is 10.1. The molecule has 96 valence electrons. The predicted octanol–water partition coefficient (Wildman–Crippen LogP) is 1.04. The van der Waals surface area contributed by atoms with Crippen LogP contribution in [0.15, 0.2) is 18.2 Å². The maximum atomic E-state index is 10.9. The lowest BCUT2D eigenvalue weighted by molar-refractivity contribution is -0.119. The van der Waals surface area contributed by atoms with E-state index in [1.165, 1.54) is 0 Å². The molecule has 0 spiro atoms. The molecule has 17 heavy (non-hydrogen) atoms. The molecule has 1 aromatic rings. The summed E-state index contributed by atoms with van der Waals surface area (Å²) < 4.78 is 5.23. The number of hydrogen-bond donors (Lipinski definition) is 2. The van der Waals surface area contributed by atoms with Crippen LogP contribution in [0.3, 0.4) is 0 Å². The summed E-state index contributed by atoms with van der Waals surface area (Å²) in [6.45, 7) is 2.64. The van der Waals surface area contributed by atoms with E-state index >= 15 is 0 Å². The summed E-state index contributed by atoms with van der Waals surface area (Å²) in [7, 11) is 1.66. The van der Waals surface area contributed by atoms with Gasteiger partial charge in [-0.3, -0.25) is 4.79 Å². The Kier molecular flexibility index (Phi) is 7.34. The Morgan fingerprint density at radius 2 is 2.18 bits per heavy atom. The molecule has 1 aromatic carbocycles. The first-order valence-electron chi connectivity index (χ1n) is 5.27. The number of benzene rings is 1. The number of rotatable bonds is 5. The topological polar surface area (TPSA) is 64.3 Å². The summed E-state index contributed by atoms with van der Waals surface area (Å²) in [5, 5.41) is 2.73. The Balaban J connectivity index is 0.00000256. The van der Waals surface area contributed by atoms with Crippen molar-refractivity contribution in [1.29, 1.82) is 0 Å². The minimum absolute atomic E-state index is 0. The monoisotopic (exact) mass is 258 g/mol. The van der Waals surface area contributed by atoms with Crippen LogP contribution in [0.1, 0.15) is 11.1 Å². The molecule has 0 atom stereocenters. The first-order valence-corrected chi connectivity index (χ1v) is 5.27. The van der Waals surface area contributed by atoms with Crippen molar-refractivity contribution in [3.8, 4) is 5.75 Å². The van der Waals surface area contributed by atoms with Crippen LogP contribution >= 0.6 is 12.4 Å². The van der Waals surface area contributed by atoms with Gasteiger partial charge in [0.25, 0.3) is 0 Å². The van der Waals surface area contributed by atoms with Gasteiger partial charge in [-0.1, -0.05) is 12.1 Å². The number of carbonyl (C=O) groups excluding carboxylic acids is 1. The van der Waals surface area contributed by atoms with E-state index < -0.39 is 0 Å². The number of ether oxygens (including phenoxy) is 1. The Bertz CT molecular complexity index is 370. The van der Waals surface area contributed by atoms with Crippen molar-refractivity contribution in [2.75, 3.05) is 20.2 Å². The quantitative estimate of drug-likeness (QED) is 0.830. The van der Waals surface area contributed by atoms with Gasteiger partial charge in [0.2, 0.25) is 5.91 Å². The fourth-order valence-corrected chi connectivity index (χ4v) is 1.44. The second-order valence-corrected chi connectivity index (χ2v) is 3.61. The van der Waals surface area contributed by atoms with E-state index in [-0.39, 0.29) is 24.9 Å². The third kappa shape index (κ3) is 5.06. The van der Waals surface area contributed by atoms with E-state index in [0.29, 0.717) is 6.54 Å². The van der Waals surface area contributed by atoms with Gasteiger partial charge in [-0.2, -0.15) is 0 Å². The highest BCUT2D eigenvalue weighted by molar-refractivity contribution is 5.85. The molecule has 0 heterocycles. The van der Waals surface area contributed by atoms with Crippen LogP contribution in [0.5, 0.6) is 5.75 Å². The zero-order chi connectivity index (χ0) is 12.0. The lowest BCUT2D eigenvalue weighted by Gasteiger charge is -2.08. The van der Waals surface area contributed by atoms with Gasteiger partial charge in [0.1, 0.15) is 5.75 Å². The normalized spacial score (nSPS) is 9.35. The first-order chi connectivity index (χ1) is 7.67. The molecule has 0 aliphatic rings. The second kappa shape index (κ2) is 7.92. The van der Waals surface area contributed by atoms with Crippen molar-refractivity contribution in [2.45, 2.75) is 13.3 Å². The fourth-order valence-electron chi connectivity index (χ4n) is 1.44. The number of amides is 1. The van der Waals surface area contributed by atoms with E-state index in [9.17, 15) is 4.79 Å². The zero-order valence-corrected chi connectivity index (χ0v) is 11.0.